The van der Waals surface area contributed by atoms with Crippen molar-refractivity contribution in [1.82, 2.24) is 10.2 Å². The van der Waals surface area contributed by atoms with Gasteiger partial charge in [0, 0.05) is 5.69 Å². The molecule has 1 aliphatic rings. The first-order chi connectivity index (χ1) is 12.3. The van der Waals surface area contributed by atoms with Crippen LogP contribution in [-0.4, -0.2) is 29.3 Å². The molecular weight excluding hydrogens is 337 g/mol. The normalized spacial score (nSPS) is 19.4. The molecule has 6 nitrogen and oxygen atoms in total. The predicted octanol–water partition coefficient (Wildman–Crippen LogP) is 2.54. The Morgan fingerprint density at radius 2 is 1.88 bits per heavy atom. The Bertz CT molecular complexity index is 885. The standard InChI is InChI=1S/C19H18FN3O3/c1-12-8-9-14(20)10-15(12)21-16(24)11-23-17(25)19(2,22-18(23)26)13-6-4-3-5-7-13/h3-10H,11H2,1-2H3,(H,21,24)(H,22,26)/t19-/m1/s1. The molecule has 2 aromatic rings. The minimum Gasteiger partial charge on any atom is -0.324 e. The number of urea groups is 1. The smallest absolute Gasteiger partial charge is 0.324 e. The third-order valence-corrected chi connectivity index (χ3v) is 4.40. The highest BCUT2D eigenvalue weighted by Gasteiger charge is 2.49. The summed E-state index contributed by atoms with van der Waals surface area (Å²) in [6.45, 7) is 2.86. The van der Waals surface area contributed by atoms with E-state index in [2.05, 4.69) is 10.6 Å². The summed E-state index contributed by atoms with van der Waals surface area (Å²) in [5.74, 6) is -1.59. The third-order valence-electron chi connectivity index (χ3n) is 4.40. The van der Waals surface area contributed by atoms with Crippen LogP contribution in [0.25, 0.3) is 0 Å². The fraction of sp³-hybridized carbons (Fsp3) is 0.211. The van der Waals surface area contributed by atoms with E-state index in [0.717, 1.165) is 4.90 Å². The van der Waals surface area contributed by atoms with Gasteiger partial charge < -0.3 is 10.6 Å². The molecule has 1 heterocycles. The van der Waals surface area contributed by atoms with Gasteiger partial charge in [0.25, 0.3) is 5.91 Å². The summed E-state index contributed by atoms with van der Waals surface area (Å²) in [6, 6.07) is 12.2. The first-order valence-corrected chi connectivity index (χ1v) is 8.07. The van der Waals surface area contributed by atoms with Crippen LogP contribution in [0.2, 0.25) is 0 Å². The van der Waals surface area contributed by atoms with E-state index in [1.807, 2.05) is 0 Å². The number of nitrogens with zero attached hydrogens (tertiary/aromatic N) is 1. The van der Waals surface area contributed by atoms with Crippen molar-refractivity contribution < 1.29 is 18.8 Å². The van der Waals surface area contributed by atoms with Crippen molar-refractivity contribution in [3.63, 3.8) is 0 Å². The number of carbonyl (C=O) groups excluding carboxylic acids is 3. The second kappa shape index (κ2) is 6.59. The molecule has 3 rings (SSSR count). The Morgan fingerprint density at radius 1 is 1.19 bits per heavy atom. The molecular formula is C19H18FN3O3. The molecule has 0 saturated carbocycles. The van der Waals surface area contributed by atoms with Crippen LogP contribution in [0.15, 0.2) is 48.5 Å². The number of amides is 4. The van der Waals surface area contributed by atoms with Crippen molar-refractivity contribution in [3.8, 4) is 0 Å². The van der Waals surface area contributed by atoms with Gasteiger partial charge in [-0.05, 0) is 37.1 Å². The zero-order valence-corrected chi connectivity index (χ0v) is 14.4. The van der Waals surface area contributed by atoms with Gasteiger partial charge >= 0.3 is 6.03 Å². The van der Waals surface area contributed by atoms with Crippen molar-refractivity contribution in [2.75, 3.05) is 11.9 Å². The first kappa shape index (κ1) is 17.6. The molecule has 0 bridgehead atoms. The highest BCUT2D eigenvalue weighted by atomic mass is 19.1. The SMILES string of the molecule is Cc1ccc(F)cc1NC(=O)CN1C(=O)N[C@](C)(c2ccccc2)C1=O. The molecule has 26 heavy (non-hydrogen) atoms. The minimum absolute atomic E-state index is 0.299. The maximum Gasteiger partial charge on any atom is 0.325 e. The maximum atomic E-state index is 13.3. The fourth-order valence-electron chi connectivity index (χ4n) is 2.87. The fourth-order valence-corrected chi connectivity index (χ4v) is 2.87. The van der Waals surface area contributed by atoms with Crippen LogP contribution in [0.3, 0.4) is 0 Å². The van der Waals surface area contributed by atoms with Gasteiger partial charge in [0.2, 0.25) is 5.91 Å². The lowest BCUT2D eigenvalue weighted by atomic mass is 9.92. The quantitative estimate of drug-likeness (QED) is 0.828. The molecule has 1 saturated heterocycles. The van der Waals surface area contributed by atoms with E-state index in [-0.39, 0.29) is 0 Å². The molecule has 1 fully saturated rings. The molecule has 7 heteroatoms. The van der Waals surface area contributed by atoms with Gasteiger partial charge in [0.1, 0.15) is 17.9 Å². The maximum absolute atomic E-state index is 13.3. The van der Waals surface area contributed by atoms with Crippen LogP contribution in [0.5, 0.6) is 0 Å². The molecule has 0 radical (unpaired) electrons. The zero-order chi connectivity index (χ0) is 18.9. The van der Waals surface area contributed by atoms with E-state index < -0.39 is 35.7 Å². The Kier molecular flexibility index (Phi) is 4.46. The number of nitrogens with one attached hydrogen (secondary N) is 2. The Balaban J connectivity index is 1.76. The molecule has 2 aromatic carbocycles. The highest BCUT2D eigenvalue weighted by molar-refractivity contribution is 6.10. The molecule has 1 atom stereocenters. The topological polar surface area (TPSA) is 78.5 Å². The Labute approximate surface area is 150 Å². The number of hydrogen-bond donors (Lipinski definition) is 2. The number of halogens is 1. The number of benzene rings is 2. The van der Waals surface area contributed by atoms with Crippen molar-refractivity contribution >= 4 is 23.5 Å². The average Bonchev–Trinajstić information content (AvgIpc) is 2.83. The van der Waals surface area contributed by atoms with Crippen molar-refractivity contribution in [2.24, 2.45) is 0 Å². The van der Waals surface area contributed by atoms with E-state index in [1.54, 1.807) is 44.2 Å². The number of hydrogen-bond acceptors (Lipinski definition) is 3. The van der Waals surface area contributed by atoms with Gasteiger partial charge in [0.15, 0.2) is 0 Å². The van der Waals surface area contributed by atoms with E-state index in [1.165, 1.54) is 18.2 Å². The summed E-state index contributed by atoms with van der Waals surface area (Å²) in [6.07, 6.45) is 0. The lowest BCUT2D eigenvalue weighted by Crippen LogP contribution is -2.42. The van der Waals surface area contributed by atoms with Gasteiger partial charge in [-0.3, -0.25) is 14.5 Å². The third kappa shape index (κ3) is 3.15. The van der Waals surface area contributed by atoms with E-state index in [0.29, 0.717) is 16.8 Å². The summed E-state index contributed by atoms with van der Waals surface area (Å²) < 4.78 is 13.3. The lowest BCUT2D eigenvalue weighted by Gasteiger charge is -2.22. The lowest BCUT2D eigenvalue weighted by molar-refractivity contribution is -0.133. The second-order valence-electron chi connectivity index (χ2n) is 6.32. The average molecular weight is 355 g/mol. The van der Waals surface area contributed by atoms with E-state index in [4.69, 9.17) is 0 Å². The monoisotopic (exact) mass is 355 g/mol. The largest absolute Gasteiger partial charge is 0.325 e. The Hall–Kier alpha value is -3.22. The van der Waals surface area contributed by atoms with E-state index >= 15 is 0 Å². The molecule has 0 aliphatic carbocycles. The summed E-state index contributed by atoms with van der Waals surface area (Å²) in [5, 5.41) is 5.17. The number of anilines is 1. The van der Waals surface area contributed by atoms with Crippen molar-refractivity contribution in [3.05, 3.63) is 65.5 Å². The number of carbonyl (C=O) groups is 3. The van der Waals surface area contributed by atoms with Crippen LogP contribution in [-0.2, 0) is 15.1 Å². The molecule has 0 aromatic heterocycles. The highest BCUT2D eigenvalue weighted by Crippen LogP contribution is 2.28. The minimum atomic E-state index is -1.23. The molecule has 2 N–H and O–H groups in total. The second-order valence-corrected chi connectivity index (χ2v) is 6.32. The molecule has 1 aliphatic heterocycles. The van der Waals surface area contributed by atoms with Crippen LogP contribution in [0.4, 0.5) is 14.9 Å². The molecule has 4 amide bonds. The van der Waals surface area contributed by atoms with Gasteiger partial charge in [-0.2, -0.15) is 0 Å². The van der Waals surface area contributed by atoms with Crippen molar-refractivity contribution in [2.45, 2.75) is 19.4 Å². The summed E-state index contributed by atoms with van der Waals surface area (Å²) in [4.78, 5) is 38.1. The van der Waals surface area contributed by atoms with Gasteiger partial charge in [-0.1, -0.05) is 36.4 Å². The molecule has 0 unspecified atom stereocenters. The van der Waals surface area contributed by atoms with Crippen LogP contribution in [0, 0.1) is 12.7 Å². The number of rotatable bonds is 4. The number of aryl methyl sites for hydroxylation is 1. The molecule has 0 spiro atoms. The number of imide groups is 1. The van der Waals surface area contributed by atoms with Crippen molar-refractivity contribution in [1.29, 1.82) is 0 Å². The van der Waals surface area contributed by atoms with E-state index in [9.17, 15) is 18.8 Å². The first-order valence-electron chi connectivity index (χ1n) is 8.07. The molecule has 134 valence electrons. The van der Waals surface area contributed by atoms with Crippen LogP contribution >= 0.6 is 0 Å². The van der Waals surface area contributed by atoms with Gasteiger partial charge in [-0.15, -0.1) is 0 Å². The van der Waals surface area contributed by atoms with Crippen LogP contribution < -0.4 is 10.6 Å². The summed E-state index contributed by atoms with van der Waals surface area (Å²) in [7, 11) is 0. The summed E-state index contributed by atoms with van der Waals surface area (Å²) in [5.41, 5.74) is 0.370. The zero-order valence-electron chi connectivity index (χ0n) is 14.4. The predicted molar refractivity (Wildman–Crippen MR) is 93.8 cm³/mol. The Morgan fingerprint density at radius 3 is 2.58 bits per heavy atom. The summed E-state index contributed by atoms with van der Waals surface area (Å²) >= 11 is 0. The van der Waals surface area contributed by atoms with Gasteiger partial charge in [-0.25, -0.2) is 9.18 Å². The van der Waals surface area contributed by atoms with Crippen LogP contribution in [0.1, 0.15) is 18.1 Å². The van der Waals surface area contributed by atoms with Gasteiger partial charge in [0.05, 0.1) is 0 Å².